The fourth-order valence-corrected chi connectivity index (χ4v) is 5.11. The number of hydrogen-bond donors (Lipinski definition) is 1. The number of aliphatic hydroxyl groups excluding tert-OH is 1. The number of ether oxygens (including phenoxy) is 1. The minimum absolute atomic E-state index is 0.0521. The Morgan fingerprint density at radius 3 is 1.83 bits per heavy atom. The molecule has 1 fully saturated rings. The van der Waals surface area contributed by atoms with Crippen LogP contribution in [0.4, 0.5) is 5.69 Å². The number of Topliss-reactive ketones (excluding diaryl/α,β-unsaturated/α-hetero) is 1. The first-order valence-electron chi connectivity index (χ1n) is 14.6. The van der Waals surface area contributed by atoms with E-state index in [1.165, 1.54) is 4.90 Å². The van der Waals surface area contributed by atoms with Crippen LogP contribution in [0.5, 0.6) is 5.75 Å². The topological polar surface area (TPSA) is 66.8 Å². The average molecular weight is 554 g/mol. The molecule has 1 atom stereocenters. The normalized spacial score (nSPS) is 17.2. The first-order chi connectivity index (χ1) is 19.3. The summed E-state index contributed by atoms with van der Waals surface area (Å²) in [7, 11) is 0. The quantitative estimate of drug-likeness (QED) is 0.131. The van der Waals surface area contributed by atoms with Crippen LogP contribution in [-0.2, 0) is 20.4 Å². The molecule has 0 bridgehead atoms. The van der Waals surface area contributed by atoms with Gasteiger partial charge in [-0.05, 0) is 70.3 Å². The van der Waals surface area contributed by atoms with E-state index in [0.717, 1.165) is 36.0 Å². The van der Waals surface area contributed by atoms with Crippen LogP contribution < -0.4 is 9.64 Å². The SMILES string of the molecule is CCCCCOc1ccc(/C(O)=C2/C(=O)C(=O)N(c3ccc(C(C)(C)C)cc3)C2c2ccc(C(C)(C)C)cc2)cc1. The van der Waals surface area contributed by atoms with Crippen LogP contribution in [0.2, 0.25) is 0 Å². The third-order valence-corrected chi connectivity index (χ3v) is 7.69. The number of ketones is 1. The third kappa shape index (κ3) is 6.56. The van der Waals surface area contributed by atoms with Gasteiger partial charge in [0.15, 0.2) is 0 Å². The van der Waals surface area contributed by atoms with Crippen molar-refractivity contribution in [1.82, 2.24) is 0 Å². The van der Waals surface area contributed by atoms with Gasteiger partial charge < -0.3 is 9.84 Å². The van der Waals surface area contributed by atoms with E-state index in [1.807, 2.05) is 48.5 Å². The zero-order chi connectivity index (χ0) is 29.9. The average Bonchev–Trinajstić information content (AvgIpc) is 3.20. The van der Waals surface area contributed by atoms with Gasteiger partial charge >= 0.3 is 0 Å². The van der Waals surface area contributed by atoms with Gasteiger partial charge in [0.2, 0.25) is 0 Å². The van der Waals surface area contributed by atoms with Crippen LogP contribution in [0.3, 0.4) is 0 Å². The van der Waals surface area contributed by atoms with Crippen molar-refractivity contribution in [1.29, 1.82) is 0 Å². The summed E-state index contributed by atoms with van der Waals surface area (Å²) < 4.78 is 5.82. The van der Waals surface area contributed by atoms with E-state index in [2.05, 4.69) is 48.5 Å². The molecule has 0 aromatic heterocycles. The molecule has 41 heavy (non-hydrogen) atoms. The molecular weight excluding hydrogens is 510 g/mol. The summed E-state index contributed by atoms with van der Waals surface area (Å²) in [5, 5.41) is 11.5. The Hall–Kier alpha value is -3.86. The Bertz CT molecular complexity index is 1400. The monoisotopic (exact) mass is 553 g/mol. The molecule has 1 aliphatic heterocycles. The van der Waals surface area contributed by atoms with Gasteiger partial charge in [-0.3, -0.25) is 14.5 Å². The van der Waals surface area contributed by atoms with Gasteiger partial charge in [-0.25, -0.2) is 0 Å². The highest BCUT2D eigenvalue weighted by molar-refractivity contribution is 6.51. The second-order valence-electron chi connectivity index (χ2n) is 12.9. The number of benzene rings is 3. The summed E-state index contributed by atoms with van der Waals surface area (Å²) in [5.74, 6) is -0.853. The Labute approximate surface area is 244 Å². The predicted molar refractivity (Wildman–Crippen MR) is 167 cm³/mol. The van der Waals surface area contributed by atoms with Crippen molar-refractivity contribution in [3.8, 4) is 5.75 Å². The summed E-state index contributed by atoms with van der Waals surface area (Å²) in [6, 6.07) is 22.0. The van der Waals surface area contributed by atoms with E-state index >= 15 is 0 Å². The van der Waals surface area contributed by atoms with Gasteiger partial charge in [0.1, 0.15) is 11.5 Å². The summed E-state index contributed by atoms with van der Waals surface area (Å²) in [6.07, 6.45) is 3.20. The largest absolute Gasteiger partial charge is 0.507 e. The van der Waals surface area contributed by atoms with Gasteiger partial charge in [0, 0.05) is 11.3 Å². The lowest BCUT2D eigenvalue weighted by Crippen LogP contribution is -2.29. The summed E-state index contributed by atoms with van der Waals surface area (Å²) >= 11 is 0. The molecule has 5 heteroatoms. The van der Waals surface area contributed by atoms with E-state index in [0.29, 0.717) is 23.6 Å². The van der Waals surface area contributed by atoms with Gasteiger partial charge in [-0.1, -0.05) is 97.7 Å². The molecule has 1 N–H and O–H groups in total. The van der Waals surface area contributed by atoms with Crippen LogP contribution in [0.1, 0.15) is 96.0 Å². The lowest BCUT2D eigenvalue weighted by molar-refractivity contribution is -0.132. The van der Waals surface area contributed by atoms with Crippen LogP contribution in [0, 0.1) is 0 Å². The van der Waals surface area contributed by atoms with E-state index in [-0.39, 0.29) is 22.2 Å². The molecule has 0 aliphatic carbocycles. The van der Waals surface area contributed by atoms with Gasteiger partial charge in [-0.15, -0.1) is 0 Å². The Morgan fingerprint density at radius 1 is 0.780 bits per heavy atom. The number of carbonyl (C=O) groups excluding carboxylic acids is 2. The summed E-state index contributed by atoms with van der Waals surface area (Å²) in [4.78, 5) is 28.7. The number of nitrogens with zero attached hydrogens (tertiary/aromatic N) is 1. The first-order valence-corrected chi connectivity index (χ1v) is 14.6. The van der Waals surface area contributed by atoms with Gasteiger partial charge in [0.25, 0.3) is 11.7 Å². The standard InChI is InChI=1S/C36H43NO4/c1-8-9-10-23-41-29-21-13-25(14-22-29)32(38)30-31(24-11-15-26(16-12-24)35(2,3)4)37(34(40)33(30)39)28-19-17-27(18-20-28)36(5,6)7/h11-22,31,38H,8-10,23H2,1-7H3/b32-30-. The number of unbranched alkanes of at least 4 members (excludes halogenated alkanes) is 2. The molecule has 5 nitrogen and oxygen atoms in total. The second-order valence-corrected chi connectivity index (χ2v) is 12.9. The molecule has 216 valence electrons. The van der Waals surface area contributed by atoms with Crippen LogP contribution >= 0.6 is 0 Å². The Kier molecular flexibility index (Phi) is 8.77. The van der Waals surface area contributed by atoms with Crippen molar-refractivity contribution in [2.24, 2.45) is 0 Å². The van der Waals surface area contributed by atoms with E-state index < -0.39 is 17.7 Å². The molecule has 3 aromatic rings. The highest BCUT2D eigenvalue weighted by Crippen LogP contribution is 2.43. The van der Waals surface area contributed by atoms with E-state index in [4.69, 9.17) is 4.74 Å². The lowest BCUT2D eigenvalue weighted by atomic mass is 9.85. The maximum atomic E-state index is 13.6. The summed E-state index contributed by atoms with van der Waals surface area (Å²) in [5.41, 5.74) is 4.07. The summed E-state index contributed by atoms with van der Waals surface area (Å²) in [6.45, 7) is 15.6. The molecule has 1 aliphatic rings. The smallest absolute Gasteiger partial charge is 0.300 e. The molecule has 1 saturated heterocycles. The first kappa shape index (κ1) is 30.1. The number of anilines is 1. The molecular formula is C36H43NO4. The zero-order valence-electron chi connectivity index (χ0n) is 25.5. The highest BCUT2D eigenvalue weighted by atomic mass is 16.5. The van der Waals surface area contributed by atoms with Crippen molar-refractivity contribution in [2.45, 2.75) is 84.6 Å². The number of hydrogen-bond acceptors (Lipinski definition) is 4. The molecule has 3 aromatic carbocycles. The van der Waals surface area contributed by atoms with E-state index in [1.54, 1.807) is 24.3 Å². The highest BCUT2D eigenvalue weighted by Gasteiger charge is 2.47. The fourth-order valence-electron chi connectivity index (χ4n) is 5.11. The lowest BCUT2D eigenvalue weighted by Gasteiger charge is -2.27. The second kappa shape index (κ2) is 11.9. The van der Waals surface area contributed by atoms with Crippen molar-refractivity contribution >= 4 is 23.1 Å². The molecule has 1 unspecified atom stereocenters. The number of rotatable bonds is 8. The maximum Gasteiger partial charge on any atom is 0.300 e. The van der Waals surface area contributed by atoms with Crippen LogP contribution in [0.15, 0.2) is 78.4 Å². The van der Waals surface area contributed by atoms with Crippen LogP contribution in [-0.4, -0.2) is 23.4 Å². The molecule has 4 rings (SSSR count). The molecule has 1 heterocycles. The molecule has 0 radical (unpaired) electrons. The number of aliphatic hydroxyl groups is 1. The molecule has 0 spiro atoms. The maximum absolute atomic E-state index is 13.6. The van der Waals surface area contributed by atoms with Crippen molar-refractivity contribution in [3.05, 3.63) is 101 Å². The van der Waals surface area contributed by atoms with Crippen molar-refractivity contribution in [2.75, 3.05) is 11.5 Å². The van der Waals surface area contributed by atoms with Gasteiger partial charge in [0.05, 0.1) is 18.2 Å². The third-order valence-electron chi connectivity index (χ3n) is 7.69. The van der Waals surface area contributed by atoms with E-state index in [9.17, 15) is 14.7 Å². The number of amides is 1. The predicted octanol–water partition coefficient (Wildman–Crippen LogP) is 8.48. The van der Waals surface area contributed by atoms with Crippen molar-refractivity contribution in [3.63, 3.8) is 0 Å². The zero-order valence-corrected chi connectivity index (χ0v) is 25.5. The molecule has 1 amide bonds. The Balaban J connectivity index is 1.78. The van der Waals surface area contributed by atoms with Crippen molar-refractivity contribution < 1.29 is 19.4 Å². The fraction of sp³-hybridized carbons (Fsp3) is 0.389. The minimum Gasteiger partial charge on any atom is -0.507 e. The minimum atomic E-state index is -0.769. The number of carbonyl (C=O) groups is 2. The molecule has 0 saturated carbocycles. The van der Waals surface area contributed by atoms with Crippen LogP contribution in [0.25, 0.3) is 5.76 Å². The van der Waals surface area contributed by atoms with Gasteiger partial charge in [-0.2, -0.15) is 0 Å². The Morgan fingerprint density at radius 2 is 1.32 bits per heavy atom.